The van der Waals surface area contributed by atoms with Gasteiger partial charge >= 0.3 is 5.76 Å². The Kier molecular flexibility index (Phi) is 14.0. The molecule has 0 radical (unpaired) electrons. The number of rotatable bonds is 16. The minimum atomic E-state index is -2.76. The van der Waals surface area contributed by atoms with E-state index in [1.54, 1.807) is 31.5 Å². The van der Waals surface area contributed by atoms with Gasteiger partial charge in [-0.1, -0.05) is 19.9 Å². The summed E-state index contributed by atoms with van der Waals surface area (Å²) < 4.78 is 41.8. The fourth-order valence-electron chi connectivity index (χ4n) is 9.64. The van der Waals surface area contributed by atoms with Crippen LogP contribution in [0.2, 0.25) is 0 Å². The SMILES string of the molecule is CCc1ccc2c(P(C)(C)=O)c(Nc3nc(Nc4cc(CC)c(N5CCC(NCCNC(=O)C6CN(c7cc(F)cc8c7oc(=O)n8C7CCC(=O)NC7=O)C6)CC5)cc4OC)ncc3Br)ccc2n1. The lowest BCUT2D eigenvalue weighted by molar-refractivity contribution is -0.135. The molecule has 6 heterocycles. The zero-order valence-corrected chi connectivity index (χ0v) is 42.1. The maximum Gasteiger partial charge on any atom is 0.420 e. The van der Waals surface area contributed by atoms with Gasteiger partial charge in [0.15, 0.2) is 5.58 Å². The van der Waals surface area contributed by atoms with Crippen LogP contribution in [0.3, 0.4) is 0 Å². The highest BCUT2D eigenvalue weighted by Crippen LogP contribution is 2.43. The number of carbonyl (C=O) groups is 3. The number of piperidine rings is 2. The minimum Gasteiger partial charge on any atom is -0.494 e. The third-order valence-corrected chi connectivity index (χ3v) is 15.4. The van der Waals surface area contributed by atoms with E-state index in [1.165, 1.54) is 6.07 Å². The van der Waals surface area contributed by atoms with Gasteiger partial charge in [0.05, 0.1) is 45.6 Å². The summed E-state index contributed by atoms with van der Waals surface area (Å²) in [5.41, 5.74) is 6.00. The Morgan fingerprint density at radius 3 is 2.44 bits per heavy atom. The van der Waals surface area contributed by atoms with E-state index in [0.29, 0.717) is 64.8 Å². The van der Waals surface area contributed by atoms with Crippen LogP contribution in [0.25, 0.3) is 22.0 Å². The standard InChI is InChI=1S/C49H56BrFN11O7P/c1-6-27-20-36(57-48-54-24-33(50)45(59-48)56-35-11-10-34-32(44(35)70(4,5)67)9-8-30(7-2)55-34)41(68-3)23-38(27)60-18-14-31(15-19-60)52-16-17-53-46(64)28-25-61(26-28)39-21-29(51)22-40-43(39)69-49(66)62(40)37-12-13-42(63)58-47(37)65/h8-11,20-24,28,31,37,52H,6-7,12-19,25-26H2,1-5H3,(H,53,64)(H,58,63,65)(H2,54,56,57,59). The Morgan fingerprint density at radius 2 is 1.73 bits per heavy atom. The molecule has 0 aliphatic carbocycles. The molecule has 3 aliphatic rings. The molecule has 70 heavy (non-hydrogen) atoms. The van der Waals surface area contributed by atoms with E-state index >= 15 is 0 Å². The number of nitrogens with zero attached hydrogens (tertiary/aromatic N) is 6. The third kappa shape index (κ3) is 9.98. The Hall–Kier alpha value is -6.37. The van der Waals surface area contributed by atoms with Crippen LogP contribution in [0.1, 0.15) is 56.8 Å². The average Bonchev–Trinajstić information content (AvgIpc) is 3.65. The number of carbonyl (C=O) groups excluding carboxylic acids is 3. The number of hydrogen-bond donors (Lipinski definition) is 5. The second-order valence-corrected chi connectivity index (χ2v) is 22.3. The summed E-state index contributed by atoms with van der Waals surface area (Å²) in [5.74, 6) is -1.46. The van der Waals surface area contributed by atoms with E-state index in [9.17, 15) is 28.1 Å². The number of anilines is 6. The first-order valence-corrected chi connectivity index (χ1v) is 27.0. The van der Waals surface area contributed by atoms with Crippen molar-refractivity contribution in [1.29, 1.82) is 0 Å². The molecule has 368 valence electrons. The molecule has 0 saturated carbocycles. The molecule has 5 N–H and O–H groups in total. The van der Waals surface area contributed by atoms with Crippen molar-refractivity contribution in [1.82, 2.24) is 35.5 Å². The number of amides is 3. The van der Waals surface area contributed by atoms with Gasteiger partial charge in [0.2, 0.25) is 23.7 Å². The smallest absolute Gasteiger partial charge is 0.420 e. The average molecular weight is 1040 g/mol. The molecule has 0 spiro atoms. The van der Waals surface area contributed by atoms with Gasteiger partial charge in [0, 0.05) is 98.2 Å². The maximum absolute atomic E-state index is 14.9. The number of aryl methyl sites for hydroxylation is 2. The van der Waals surface area contributed by atoms with E-state index < -0.39 is 36.6 Å². The Morgan fingerprint density at radius 1 is 0.943 bits per heavy atom. The van der Waals surface area contributed by atoms with Crippen LogP contribution < -0.4 is 52.2 Å². The number of methoxy groups -OCH3 is 1. The third-order valence-electron chi connectivity index (χ3n) is 13.3. The number of imide groups is 1. The van der Waals surface area contributed by atoms with Crippen molar-refractivity contribution in [3.63, 3.8) is 0 Å². The second kappa shape index (κ2) is 20.2. The maximum atomic E-state index is 14.9. The predicted molar refractivity (Wildman–Crippen MR) is 273 cm³/mol. The number of aromatic nitrogens is 4. The molecule has 3 saturated heterocycles. The Balaban J connectivity index is 0.774. The number of ether oxygens (including phenoxy) is 1. The van der Waals surface area contributed by atoms with Crippen molar-refractivity contribution in [3.05, 3.63) is 86.8 Å². The fourth-order valence-corrected chi connectivity index (χ4v) is 11.4. The number of hydrogen-bond acceptors (Lipinski definition) is 15. The molecule has 3 aromatic carbocycles. The van der Waals surface area contributed by atoms with E-state index in [4.69, 9.17) is 19.1 Å². The second-order valence-electron chi connectivity index (χ2n) is 18.3. The van der Waals surface area contributed by atoms with E-state index in [-0.39, 0.29) is 41.8 Å². The van der Waals surface area contributed by atoms with Crippen LogP contribution in [0.15, 0.2) is 68.4 Å². The topological polar surface area (TPSA) is 218 Å². The highest BCUT2D eigenvalue weighted by atomic mass is 79.9. The van der Waals surface area contributed by atoms with Gasteiger partial charge in [-0.05, 0) is 91.2 Å². The van der Waals surface area contributed by atoms with Crippen molar-refractivity contribution in [2.24, 2.45) is 5.92 Å². The van der Waals surface area contributed by atoms with Gasteiger partial charge in [-0.2, -0.15) is 4.98 Å². The fraction of sp³-hybridized carbons (Fsp3) is 0.408. The number of nitrogens with one attached hydrogen (secondary N) is 5. The lowest BCUT2D eigenvalue weighted by atomic mass is 9.97. The molecule has 1 unspecified atom stereocenters. The summed E-state index contributed by atoms with van der Waals surface area (Å²) in [7, 11) is -1.12. The predicted octanol–water partition coefficient (Wildman–Crippen LogP) is 6.49. The molecule has 9 rings (SSSR count). The molecule has 21 heteroatoms. The molecule has 6 aromatic rings. The monoisotopic (exact) mass is 1040 g/mol. The normalized spacial score (nSPS) is 16.9. The number of pyridine rings is 1. The lowest BCUT2D eigenvalue weighted by Crippen LogP contribution is -2.54. The number of benzene rings is 3. The summed E-state index contributed by atoms with van der Waals surface area (Å²) in [4.78, 5) is 68.5. The first-order chi connectivity index (χ1) is 33.6. The molecule has 3 aromatic heterocycles. The first-order valence-electron chi connectivity index (χ1n) is 23.6. The van der Waals surface area contributed by atoms with Crippen LogP contribution in [0.5, 0.6) is 5.75 Å². The van der Waals surface area contributed by atoms with Gasteiger partial charge < -0.3 is 44.8 Å². The Bertz CT molecular complexity index is 3130. The van der Waals surface area contributed by atoms with Crippen molar-refractivity contribution in [2.45, 2.75) is 64.5 Å². The van der Waals surface area contributed by atoms with Crippen LogP contribution in [0.4, 0.5) is 38.9 Å². The van der Waals surface area contributed by atoms with Crippen LogP contribution in [-0.4, -0.2) is 103 Å². The quantitative estimate of drug-likeness (QED) is 0.0398. The van der Waals surface area contributed by atoms with E-state index in [1.807, 2.05) is 24.3 Å². The van der Waals surface area contributed by atoms with Crippen molar-refractivity contribution >= 4 is 103 Å². The largest absolute Gasteiger partial charge is 0.494 e. The van der Waals surface area contributed by atoms with Gasteiger partial charge in [0.25, 0.3) is 0 Å². The zero-order chi connectivity index (χ0) is 49.4. The van der Waals surface area contributed by atoms with Crippen LogP contribution >= 0.6 is 23.1 Å². The van der Waals surface area contributed by atoms with Gasteiger partial charge in [-0.25, -0.2) is 14.2 Å². The molecule has 3 amide bonds. The van der Waals surface area contributed by atoms with Crippen LogP contribution in [-0.2, 0) is 31.8 Å². The number of oxazole rings is 1. The van der Waals surface area contributed by atoms with E-state index in [2.05, 4.69) is 78.4 Å². The first kappa shape index (κ1) is 48.6. The lowest BCUT2D eigenvalue weighted by Gasteiger charge is -2.40. The molecular formula is C49H56BrFN11O7P. The molecular weight excluding hydrogens is 984 g/mol. The van der Waals surface area contributed by atoms with Crippen molar-refractivity contribution in [2.75, 3.05) is 80.1 Å². The van der Waals surface area contributed by atoms with Gasteiger partial charge in [0.1, 0.15) is 30.6 Å². The molecule has 18 nitrogen and oxygen atoms in total. The van der Waals surface area contributed by atoms with Gasteiger partial charge in [-0.3, -0.25) is 29.3 Å². The molecule has 3 fully saturated rings. The van der Waals surface area contributed by atoms with E-state index in [0.717, 1.165) is 82.9 Å². The van der Waals surface area contributed by atoms with Crippen molar-refractivity contribution < 1.29 is 32.5 Å². The number of fused-ring (bicyclic) bond motifs is 2. The highest BCUT2D eigenvalue weighted by molar-refractivity contribution is 9.10. The molecule has 0 bridgehead atoms. The minimum absolute atomic E-state index is 0.0489. The summed E-state index contributed by atoms with van der Waals surface area (Å²) in [6, 6.07) is 13.6. The van der Waals surface area contributed by atoms with Gasteiger partial charge in [-0.15, -0.1) is 0 Å². The summed E-state index contributed by atoms with van der Waals surface area (Å²) in [6.45, 7) is 11.0. The number of halogens is 2. The molecule has 1 atom stereocenters. The zero-order valence-electron chi connectivity index (χ0n) is 39.7. The Labute approximate surface area is 412 Å². The highest BCUT2D eigenvalue weighted by Gasteiger charge is 2.37. The molecule has 3 aliphatic heterocycles. The summed E-state index contributed by atoms with van der Waals surface area (Å²) in [5, 5.41) is 17.2. The van der Waals surface area contributed by atoms with Crippen LogP contribution in [0, 0.1) is 11.7 Å². The summed E-state index contributed by atoms with van der Waals surface area (Å²) in [6.07, 6.45) is 5.22. The van der Waals surface area contributed by atoms with Crippen molar-refractivity contribution in [3.8, 4) is 5.75 Å². The summed E-state index contributed by atoms with van der Waals surface area (Å²) >= 11 is 3.61.